The predicted molar refractivity (Wildman–Crippen MR) is 77.3 cm³/mol. The van der Waals surface area contributed by atoms with Gasteiger partial charge in [0.25, 0.3) is 0 Å². The molecule has 3 heterocycles. The summed E-state index contributed by atoms with van der Waals surface area (Å²) in [6.45, 7) is 2.50. The van der Waals surface area contributed by atoms with E-state index in [2.05, 4.69) is 17.0 Å². The molecule has 0 amide bonds. The van der Waals surface area contributed by atoms with Crippen molar-refractivity contribution in [2.45, 2.75) is 31.2 Å². The van der Waals surface area contributed by atoms with Gasteiger partial charge in [0, 0.05) is 36.0 Å². The van der Waals surface area contributed by atoms with Crippen LogP contribution in [0.4, 0.5) is 0 Å². The molecule has 0 N–H and O–H groups in total. The molecule has 3 nitrogen and oxygen atoms in total. The number of nitrogens with zero attached hydrogens (tertiary/aromatic N) is 1. The van der Waals surface area contributed by atoms with E-state index in [9.17, 15) is 0 Å². The summed E-state index contributed by atoms with van der Waals surface area (Å²) >= 11 is 0. The highest BCUT2D eigenvalue weighted by atomic mass is 16.5. The number of ether oxygens (including phenoxy) is 1. The maximum atomic E-state index is 6.27. The van der Waals surface area contributed by atoms with Gasteiger partial charge in [0.1, 0.15) is 17.1 Å². The maximum absolute atomic E-state index is 6.27. The van der Waals surface area contributed by atoms with Crippen LogP contribution in [-0.2, 0) is 6.42 Å². The predicted octanol–water partition coefficient (Wildman–Crippen LogP) is 3.18. The summed E-state index contributed by atoms with van der Waals surface area (Å²) in [5.74, 6) is 3.74. The first-order chi connectivity index (χ1) is 9.83. The van der Waals surface area contributed by atoms with E-state index in [1.807, 2.05) is 6.07 Å². The summed E-state index contributed by atoms with van der Waals surface area (Å²) in [5.41, 5.74) is 2.48. The number of benzene rings is 1. The van der Waals surface area contributed by atoms with Gasteiger partial charge in [0.05, 0.1) is 7.11 Å². The fourth-order valence-corrected chi connectivity index (χ4v) is 4.76. The molecule has 3 atom stereocenters. The third-order valence-corrected chi connectivity index (χ3v) is 5.60. The lowest BCUT2D eigenvalue weighted by Gasteiger charge is -2.29. The summed E-state index contributed by atoms with van der Waals surface area (Å²) in [4.78, 5) is 2.69. The molecule has 1 aliphatic carbocycles. The summed E-state index contributed by atoms with van der Waals surface area (Å²) in [5, 5.41) is 1.27. The molecule has 2 fully saturated rings. The lowest BCUT2D eigenvalue weighted by Crippen LogP contribution is -2.36. The molecule has 20 heavy (non-hydrogen) atoms. The second-order valence-electron chi connectivity index (χ2n) is 6.56. The highest BCUT2D eigenvalue weighted by Gasteiger charge is 2.48. The van der Waals surface area contributed by atoms with Gasteiger partial charge in [-0.15, -0.1) is 0 Å². The van der Waals surface area contributed by atoms with Crippen LogP contribution in [0.3, 0.4) is 0 Å². The molecule has 1 aromatic heterocycles. The smallest absolute Gasteiger partial charge is 0.134 e. The Labute approximate surface area is 118 Å². The average Bonchev–Trinajstić information content (AvgIpc) is 3.14. The van der Waals surface area contributed by atoms with Crippen molar-refractivity contribution in [3.05, 3.63) is 29.5 Å². The molecule has 0 unspecified atom stereocenters. The Bertz CT molecular complexity index is 690. The molecular formula is C17H19NO2. The fourth-order valence-electron chi connectivity index (χ4n) is 4.76. The van der Waals surface area contributed by atoms with Gasteiger partial charge in [0.2, 0.25) is 0 Å². The van der Waals surface area contributed by atoms with Crippen LogP contribution in [0.2, 0.25) is 0 Å². The van der Waals surface area contributed by atoms with Crippen LogP contribution < -0.4 is 4.74 Å². The summed E-state index contributed by atoms with van der Waals surface area (Å²) in [7, 11) is 1.73. The van der Waals surface area contributed by atoms with Crippen molar-refractivity contribution in [2.75, 3.05) is 20.2 Å². The van der Waals surface area contributed by atoms with Crippen LogP contribution in [0.25, 0.3) is 11.0 Å². The fraction of sp³-hybridized carbons (Fsp3) is 0.529. The molecule has 2 aromatic rings. The lowest BCUT2D eigenvalue weighted by atomic mass is 9.94. The van der Waals surface area contributed by atoms with Crippen LogP contribution in [-0.4, -0.2) is 31.1 Å². The van der Waals surface area contributed by atoms with E-state index < -0.39 is 0 Å². The zero-order valence-corrected chi connectivity index (χ0v) is 11.8. The normalized spacial score (nSPS) is 31.6. The van der Waals surface area contributed by atoms with E-state index in [0.29, 0.717) is 5.92 Å². The molecule has 0 radical (unpaired) electrons. The number of furan rings is 1. The second-order valence-corrected chi connectivity index (χ2v) is 6.56. The van der Waals surface area contributed by atoms with Gasteiger partial charge in [0.15, 0.2) is 0 Å². The zero-order valence-electron chi connectivity index (χ0n) is 11.8. The van der Waals surface area contributed by atoms with Gasteiger partial charge >= 0.3 is 0 Å². The third-order valence-electron chi connectivity index (χ3n) is 5.60. The van der Waals surface area contributed by atoms with Crippen molar-refractivity contribution in [2.24, 2.45) is 5.92 Å². The monoisotopic (exact) mass is 269 g/mol. The Balaban J connectivity index is 1.71. The Morgan fingerprint density at radius 1 is 1.30 bits per heavy atom. The molecule has 3 heteroatoms. The minimum Gasteiger partial charge on any atom is -0.497 e. The first-order valence-electron chi connectivity index (χ1n) is 7.67. The molecule has 5 rings (SSSR count). The third kappa shape index (κ3) is 1.34. The summed E-state index contributed by atoms with van der Waals surface area (Å²) < 4.78 is 11.6. The van der Waals surface area contributed by atoms with Crippen LogP contribution in [0.15, 0.2) is 22.6 Å². The topological polar surface area (TPSA) is 25.6 Å². The van der Waals surface area contributed by atoms with E-state index in [4.69, 9.17) is 9.15 Å². The molecule has 1 aromatic carbocycles. The lowest BCUT2D eigenvalue weighted by molar-refractivity contribution is 0.194. The van der Waals surface area contributed by atoms with Gasteiger partial charge in [-0.3, -0.25) is 4.90 Å². The van der Waals surface area contributed by atoms with Gasteiger partial charge < -0.3 is 9.15 Å². The number of piperidine rings is 1. The first kappa shape index (κ1) is 11.2. The van der Waals surface area contributed by atoms with Gasteiger partial charge in [-0.1, -0.05) is 0 Å². The van der Waals surface area contributed by atoms with Crippen LogP contribution >= 0.6 is 0 Å². The number of rotatable bonds is 1. The highest BCUT2D eigenvalue weighted by molar-refractivity contribution is 5.84. The molecule has 3 aliphatic rings. The van der Waals surface area contributed by atoms with E-state index in [1.165, 1.54) is 42.6 Å². The van der Waals surface area contributed by atoms with E-state index >= 15 is 0 Å². The summed E-state index contributed by atoms with van der Waals surface area (Å²) in [6.07, 6.45) is 3.82. The number of hydrogen-bond acceptors (Lipinski definition) is 3. The minimum atomic E-state index is 0.629. The second kappa shape index (κ2) is 3.79. The van der Waals surface area contributed by atoms with Crippen molar-refractivity contribution in [3.8, 4) is 5.75 Å². The Morgan fingerprint density at radius 2 is 2.25 bits per heavy atom. The minimum absolute atomic E-state index is 0.629. The van der Waals surface area contributed by atoms with E-state index in [-0.39, 0.29) is 0 Å². The standard InChI is InChI=1S/C17H19NO2/c1-19-11-2-3-16-13(8-11)12-4-5-18-9-10-6-14(15(18)7-10)17(12)20-16/h2-3,8,10,14-15H,4-7,9H2,1H3/t10-,14+,15-/m0/s1. The Morgan fingerprint density at radius 3 is 3.10 bits per heavy atom. The van der Waals surface area contributed by atoms with Gasteiger partial charge in [-0.2, -0.15) is 0 Å². The Hall–Kier alpha value is -1.48. The van der Waals surface area contributed by atoms with Crippen molar-refractivity contribution in [3.63, 3.8) is 0 Å². The average molecular weight is 269 g/mol. The SMILES string of the molecule is COc1ccc2oc3c(c2c1)CCN1C[C@H]2C[C@@H]3[C@@H]1C2. The highest BCUT2D eigenvalue weighted by Crippen LogP contribution is 2.51. The van der Waals surface area contributed by atoms with Crippen LogP contribution in [0.1, 0.15) is 30.1 Å². The Kier molecular flexibility index (Phi) is 2.12. The zero-order chi connectivity index (χ0) is 13.3. The quantitative estimate of drug-likeness (QED) is 0.795. The van der Waals surface area contributed by atoms with Crippen molar-refractivity contribution in [1.29, 1.82) is 0 Å². The number of hydrogen-bond donors (Lipinski definition) is 0. The van der Waals surface area contributed by atoms with E-state index in [0.717, 1.165) is 29.7 Å². The maximum Gasteiger partial charge on any atom is 0.134 e. The van der Waals surface area contributed by atoms with Gasteiger partial charge in [-0.05, 0) is 43.4 Å². The van der Waals surface area contributed by atoms with Crippen molar-refractivity contribution < 1.29 is 9.15 Å². The molecule has 0 spiro atoms. The molecule has 2 aliphatic heterocycles. The molecule has 1 saturated carbocycles. The van der Waals surface area contributed by atoms with Crippen LogP contribution in [0, 0.1) is 5.92 Å². The molecule has 2 bridgehead atoms. The first-order valence-corrected chi connectivity index (χ1v) is 7.67. The number of methoxy groups -OCH3 is 1. The molecular weight excluding hydrogens is 250 g/mol. The largest absolute Gasteiger partial charge is 0.497 e. The summed E-state index contributed by atoms with van der Waals surface area (Å²) in [6, 6.07) is 6.95. The van der Waals surface area contributed by atoms with Crippen molar-refractivity contribution >= 4 is 11.0 Å². The van der Waals surface area contributed by atoms with Gasteiger partial charge in [-0.25, -0.2) is 0 Å². The van der Waals surface area contributed by atoms with E-state index in [1.54, 1.807) is 7.11 Å². The molecule has 1 saturated heterocycles. The molecule has 104 valence electrons. The van der Waals surface area contributed by atoms with Crippen LogP contribution in [0.5, 0.6) is 5.75 Å². The van der Waals surface area contributed by atoms with Crippen molar-refractivity contribution in [1.82, 2.24) is 4.90 Å². The number of fused-ring (bicyclic) bond motifs is 5.